The lowest BCUT2D eigenvalue weighted by molar-refractivity contribution is -0.119. The Kier molecular flexibility index (Phi) is 4.48. The average Bonchev–Trinajstić information content (AvgIpc) is 2.92. The van der Waals surface area contributed by atoms with E-state index in [2.05, 4.69) is 10.3 Å². The fourth-order valence-electron chi connectivity index (χ4n) is 2.34. The van der Waals surface area contributed by atoms with Gasteiger partial charge in [-0.2, -0.15) is 0 Å². The predicted molar refractivity (Wildman–Crippen MR) is 91.1 cm³/mol. The minimum atomic E-state index is -0.550. The summed E-state index contributed by atoms with van der Waals surface area (Å²) in [5.74, 6) is -0.685. The van der Waals surface area contributed by atoms with Crippen LogP contribution >= 0.6 is 11.6 Å². The Morgan fingerprint density at radius 3 is 2.79 bits per heavy atom. The van der Waals surface area contributed by atoms with Gasteiger partial charge in [0.1, 0.15) is 5.82 Å². The number of anilines is 1. The standard InChI is InChI=1S/C17H14ClN3O3/c1-21-9-13(12-4-2-3-5-14(12)21)17(23)24-10-16(22)20-15-7-6-11(18)8-19-15/h2-9H,10H2,1H3,(H,19,20,22). The molecule has 1 amide bonds. The number of benzene rings is 1. The zero-order valence-corrected chi connectivity index (χ0v) is 13.6. The summed E-state index contributed by atoms with van der Waals surface area (Å²) in [5, 5.41) is 3.78. The van der Waals surface area contributed by atoms with Crippen LogP contribution in [0.2, 0.25) is 5.02 Å². The van der Waals surface area contributed by atoms with Crippen LogP contribution in [-0.4, -0.2) is 28.0 Å². The molecule has 122 valence electrons. The minimum Gasteiger partial charge on any atom is -0.452 e. The van der Waals surface area contributed by atoms with Crippen LogP contribution in [0.3, 0.4) is 0 Å². The van der Waals surface area contributed by atoms with E-state index in [-0.39, 0.29) is 0 Å². The molecule has 0 aliphatic carbocycles. The Morgan fingerprint density at radius 1 is 1.25 bits per heavy atom. The molecule has 3 rings (SSSR count). The number of nitrogens with one attached hydrogen (secondary N) is 1. The molecule has 24 heavy (non-hydrogen) atoms. The van der Waals surface area contributed by atoms with E-state index in [4.69, 9.17) is 16.3 Å². The summed E-state index contributed by atoms with van der Waals surface area (Å²) in [5.41, 5.74) is 1.34. The molecule has 0 aliphatic rings. The lowest BCUT2D eigenvalue weighted by Crippen LogP contribution is -2.21. The maximum absolute atomic E-state index is 12.2. The maximum Gasteiger partial charge on any atom is 0.340 e. The third-order valence-electron chi connectivity index (χ3n) is 3.45. The third kappa shape index (κ3) is 3.38. The molecule has 2 heterocycles. The zero-order chi connectivity index (χ0) is 17.1. The highest BCUT2D eigenvalue weighted by Gasteiger charge is 2.16. The smallest absolute Gasteiger partial charge is 0.340 e. The Labute approximate surface area is 143 Å². The summed E-state index contributed by atoms with van der Waals surface area (Å²) in [6, 6.07) is 10.6. The number of pyridine rings is 1. The summed E-state index contributed by atoms with van der Waals surface area (Å²) >= 11 is 5.72. The van der Waals surface area contributed by atoms with Gasteiger partial charge in [0.25, 0.3) is 5.91 Å². The number of carbonyl (C=O) groups excluding carboxylic acids is 2. The van der Waals surface area contributed by atoms with Gasteiger partial charge < -0.3 is 14.6 Å². The van der Waals surface area contributed by atoms with Gasteiger partial charge in [-0.1, -0.05) is 29.8 Å². The summed E-state index contributed by atoms with van der Waals surface area (Å²) in [7, 11) is 1.85. The van der Waals surface area contributed by atoms with E-state index in [1.807, 2.05) is 35.9 Å². The van der Waals surface area contributed by atoms with Crippen LogP contribution in [-0.2, 0) is 16.6 Å². The van der Waals surface area contributed by atoms with Gasteiger partial charge in [0, 0.05) is 30.3 Å². The molecule has 2 aromatic heterocycles. The first-order valence-corrected chi connectivity index (χ1v) is 7.55. The number of halogens is 1. The van der Waals surface area contributed by atoms with Crippen molar-refractivity contribution in [3.63, 3.8) is 0 Å². The second kappa shape index (κ2) is 6.72. The first-order valence-electron chi connectivity index (χ1n) is 7.17. The van der Waals surface area contributed by atoms with Crippen LogP contribution < -0.4 is 5.32 Å². The van der Waals surface area contributed by atoms with Crippen LogP contribution in [0.5, 0.6) is 0 Å². The highest BCUT2D eigenvalue weighted by Crippen LogP contribution is 2.21. The molecule has 7 heteroatoms. The SMILES string of the molecule is Cn1cc(C(=O)OCC(=O)Nc2ccc(Cl)cn2)c2ccccc21. The number of hydrogen-bond donors (Lipinski definition) is 1. The van der Waals surface area contributed by atoms with E-state index < -0.39 is 18.5 Å². The molecule has 0 radical (unpaired) electrons. The number of para-hydroxylation sites is 1. The topological polar surface area (TPSA) is 73.2 Å². The fourth-order valence-corrected chi connectivity index (χ4v) is 2.45. The molecule has 0 bridgehead atoms. The predicted octanol–water partition coefficient (Wildman–Crippen LogP) is 3.02. The van der Waals surface area contributed by atoms with Gasteiger partial charge in [-0.25, -0.2) is 9.78 Å². The molecule has 0 fully saturated rings. The first kappa shape index (κ1) is 16.0. The molecule has 6 nitrogen and oxygen atoms in total. The third-order valence-corrected chi connectivity index (χ3v) is 3.67. The van der Waals surface area contributed by atoms with E-state index in [9.17, 15) is 9.59 Å². The fraction of sp³-hybridized carbons (Fsp3) is 0.118. The number of amides is 1. The van der Waals surface area contributed by atoms with Crippen molar-refractivity contribution in [3.8, 4) is 0 Å². The van der Waals surface area contributed by atoms with Crippen molar-refractivity contribution >= 4 is 40.2 Å². The zero-order valence-electron chi connectivity index (χ0n) is 12.8. The highest BCUT2D eigenvalue weighted by atomic mass is 35.5. The van der Waals surface area contributed by atoms with Crippen LogP contribution in [0.25, 0.3) is 10.9 Å². The number of fused-ring (bicyclic) bond motifs is 1. The lowest BCUT2D eigenvalue weighted by Gasteiger charge is -2.05. The number of carbonyl (C=O) groups is 2. The van der Waals surface area contributed by atoms with Crippen molar-refractivity contribution in [2.24, 2.45) is 7.05 Å². The molecular weight excluding hydrogens is 330 g/mol. The van der Waals surface area contributed by atoms with Crippen molar-refractivity contribution in [1.29, 1.82) is 0 Å². The molecule has 0 aliphatic heterocycles. The number of hydrogen-bond acceptors (Lipinski definition) is 4. The van der Waals surface area contributed by atoms with Crippen LogP contribution in [0.4, 0.5) is 5.82 Å². The molecule has 0 saturated carbocycles. The minimum absolute atomic E-state index is 0.339. The van der Waals surface area contributed by atoms with E-state index in [1.165, 1.54) is 6.20 Å². The second-order valence-electron chi connectivity index (χ2n) is 5.16. The quantitative estimate of drug-likeness (QED) is 0.739. The summed E-state index contributed by atoms with van der Waals surface area (Å²) < 4.78 is 6.93. The first-order chi connectivity index (χ1) is 11.5. The van der Waals surface area contributed by atoms with Crippen molar-refractivity contribution < 1.29 is 14.3 Å². The van der Waals surface area contributed by atoms with E-state index in [0.717, 1.165) is 10.9 Å². The highest BCUT2D eigenvalue weighted by molar-refractivity contribution is 6.30. The van der Waals surface area contributed by atoms with Gasteiger partial charge in [0.2, 0.25) is 0 Å². The van der Waals surface area contributed by atoms with Crippen molar-refractivity contribution in [2.45, 2.75) is 0 Å². The van der Waals surface area contributed by atoms with Crippen LogP contribution in [0, 0.1) is 0 Å². The summed E-state index contributed by atoms with van der Waals surface area (Å²) in [6.45, 7) is -0.396. The Hall–Kier alpha value is -2.86. The largest absolute Gasteiger partial charge is 0.452 e. The Morgan fingerprint density at radius 2 is 2.04 bits per heavy atom. The number of esters is 1. The van der Waals surface area contributed by atoms with Gasteiger partial charge in [-0.3, -0.25) is 4.79 Å². The van der Waals surface area contributed by atoms with E-state index in [1.54, 1.807) is 18.3 Å². The van der Waals surface area contributed by atoms with Gasteiger partial charge in [0.15, 0.2) is 6.61 Å². The molecule has 1 N–H and O–H groups in total. The maximum atomic E-state index is 12.2. The number of nitrogens with zero attached hydrogens (tertiary/aromatic N) is 2. The summed E-state index contributed by atoms with van der Waals surface area (Å²) in [4.78, 5) is 28.0. The van der Waals surface area contributed by atoms with E-state index in [0.29, 0.717) is 16.4 Å². The van der Waals surface area contributed by atoms with Gasteiger partial charge in [0.05, 0.1) is 10.6 Å². The van der Waals surface area contributed by atoms with E-state index >= 15 is 0 Å². The molecular formula is C17H14ClN3O3. The number of aryl methyl sites for hydroxylation is 1. The Bertz CT molecular complexity index is 903. The van der Waals surface area contributed by atoms with Crippen LogP contribution in [0.1, 0.15) is 10.4 Å². The normalized spacial score (nSPS) is 10.6. The van der Waals surface area contributed by atoms with Gasteiger partial charge >= 0.3 is 5.97 Å². The monoisotopic (exact) mass is 343 g/mol. The molecule has 0 saturated heterocycles. The second-order valence-corrected chi connectivity index (χ2v) is 5.59. The number of ether oxygens (including phenoxy) is 1. The molecule has 3 aromatic rings. The summed E-state index contributed by atoms with van der Waals surface area (Å²) in [6.07, 6.45) is 3.10. The molecule has 0 unspecified atom stereocenters. The number of aromatic nitrogens is 2. The van der Waals surface area contributed by atoms with Gasteiger partial charge in [-0.15, -0.1) is 0 Å². The molecule has 0 atom stereocenters. The van der Waals surface area contributed by atoms with Crippen LogP contribution in [0.15, 0.2) is 48.8 Å². The van der Waals surface area contributed by atoms with Crippen molar-refractivity contribution in [1.82, 2.24) is 9.55 Å². The van der Waals surface area contributed by atoms with Gasteiger partial charge in [-0.05, 0) is 18.2 Å². The lowest BCUT2D eigenvalue weighted by atomic mass is 10.2. The average molecular weight is 344 g/mol. The molecule has 0 spiro atoms. The Balaban J connectivity index is 1.64. The number of rotatable bonds is 4. The van der Waals surface area contributed by atoms with Crippen molar-refractivity contribution in [2.75, 3.05) is 11.9 Å². The van der Waals surface area contributed by atoms with Crippen molar-refractivity contribution in [3.05, 3.63) is 59.4 Å². The molecule has 1 aromatic carbocycles.